The van der Waals surface area contributed by atoms with Crippen LogP contribution in [0.3, 0.4) is 0 Å². The predicted molar refractivity (Wildman–Crippen MR) is 101 cm³/mol. The number of aromatic nitrogens is 3. The Labute approximate surface area is 160 Å². The highest BCUT2D eigenvalue weighted by molar-refractivity contribution is 5.94. The molecule has 1 amide bonds. The number of amides is 1. The predicted octanol–water partition coefficient (Wildman–Crippen LogP) is 2.90. The Morgan fingerprint density at radius 1 is 1.30 bits per heavy atom. The van der Waals surface area contributed by atoms with E-state index in [-0.39, 0.29) is 5.91 Å². The molecule has 2 aromatic heterocycles. The molecule has 0 bridgehead atoms. The highest BCUT2D eigenvalue weighted by Gasteiger charge is 2.26. The Kier molecular flexibility index (Phi) is 5.57. The zero-order valence-electron chi connectivity index (χ0n) is 16.1. The van der Waals surface area contributed by atoms with Gasteiger partial charge >= 0.3 is 0 Å². The normalized spacial score (nSPS) is 18.4. The number of carbonyl (C=O) groups excluding carboxylic acids is 1. The van der Waals surface area contributed by atoms with Crippen molar-refractivity contribution >= 4 is 5.91 Å². The molecule has 3 heterocycles. The molecular formula is C20H29N5O2. The van der Waals surface area contributed by atoms with Gasteiger partial charge in [-0.1, -0.05) is 31.3 Å². The summed E-state index contributed by atoms with van der Waals surface area (Å²) in [5.41, 5.74) is 2.70. The molecule has 1 fully saturated rings. The monoisotopic (exact) mass is 371 g/mol. The van der Waals surface area contributed by atoms with Crippen molar-refractivity contribution in [2.45, 2.75) is 77.5 Å². The Morgan fingerprint density at radius 2 is 2.15 bits per heavy atom. The van der Waals surface area contributed by atoms with E-state index in [0.717, 1.165) is 44.2 Å². The lowest BCUT2D eigenvalue weighted by atomic mass is 9.94. The van der Waals surface area contributed by atoms with Crippen LogP contribution in [0.1, 0.15) is 73.0 Å². The van der Waals surface area contributed by atoms with Crippen molar-refractivity contribution in [2.75, 3.05) is 6.54 Å². The molecule has 1 saturated carbocycles. The molecule has 2 aliphatic rings. The van der Waals surface area contributed by atoms with Crippen LogP contribution in [0.15, 0.2) is 16.8 Å². The lowest BCUT2D eigenvalue weighted by molar-refractivity contribution is 0.0948. The van der Waals surface area contributed by atoms with Crippen molar-refractivity contribution in [3.63, 3.8) is 0 Å². The van der Waals surface area contributed by atoms with E-state index in [4.69, 9.17) is 4.52 Å². The molecule has 146 valence electrons. The van der Waals surface area contributed by atoms with E-state index in [1.807, 2.05) is 0 Å². The van der Waals surface area contributed by atoms with Crippen molar-refractivity contribution in [2.24, 2.45) is 0 Å². The summed E-state index contributed by atoms with van der Waals surface area (Å²) in [4.78, 5) is 15.0. The average molecular weight is 371 g/mol. The van der Waals surface area contributed by atoms with Crippen molar-refractivity contribution in [3.8, 4) is 0 Å². The van der Waals surface area contributed by atoms with Crippen LogP contribution in [0.5, 0.6) is 0 Å². The van der Waals surface area contributed by atoms with Crippen LogP contribution in [0.2, 0.25) is 0 Å². The van der Waals surface area contributed by atoms with E-state index in [1.54, 1.807) is 0 Å². The first-order valence-electron chi connectivity index (χ1n) is 10.3. The summed E-state index contributed by atoms with van der Waals surface area (Å²) in [6.45, 7) is 5.46. The molecule has 0 unspecified atom stereocenters. The number of hydrogen-bond donors (Lipinski definition) is 1. The van der Waals surface area contributed by atoms with E-state index in [2.05, 4.69) is 38.1 Å². The first kappa shape index (κ1) is 18.2. The number of nitrogens with one attached hydrogen (secondary N) is 1. The van der Waals surface area contributed by atoms with Gasteiger partial charge in [-0.2, -0.15) is 5.10 Å². The zero-order valence-corrected chi connectivity index (χ0v) is 16.1. The second kappa shape index (κ2) is 8.25. The van der Waals surface area contributed by atoms with Crippen LogP contribution in [0, 0.1) is 0 Å². The largest absolute Gasteiger partial charge is 0.361 e. The maximum Gasteiger partial charge on any atom is 0.256 e. The number of carbonyl (C=O) groups is 1. The van der Waals surface area contributed by atoms with Gasteiger partial charge in [0.15, 0.2) is 0 Å². The molecule has 0 radical (unpaired) electrons. The number of fused-ring (bicyclic) bond motifs is 1. The SMILES string of the molecule is CCCc1oncc1C(=O)NCc1cc2n(n1)CCN(C1CCCCC1)C2. The van der Waals surface area contributed by atoms with Gasteiger partial charge in [0.1, 0.15) is 11.3 Å². The minimum Gasteiger partial charge on any atom is -0.361 e. The first-order valence-corrected chi connectivity index (χ1v) is 10.3. The maximum atomic E-state index is 12.4. The van der Waals surface area contributed by atoms with Gasteiger partial charge < -0.3 is 9.84 Å². The van der Waals surface area contributed by atoms with Gasteiger partial charge in [-0.05, 0) is 25.3 Å². The molecular weight excluding hydrogens is 342 g/mol. The molecule has 7 nitrogen and oxygen atoms in total. The summed E-state index contributed by atoms with van der Waals surface area (Å²) < 4.78 is 7.28. The van der Waals surface area contributed by atoms with E-state index in [9.17, 15) is 4.79 Å². The third-order valence-electron chi connectivity index (χ3n) is 5.77. The van der Waals surface area contributed by atoms with Crippen LogP contribution in [-0.2, 0) is 26.1 Å². The molecule has 27 heavy (non-hydrogen) atoms. The molecule has 0 spiro atoms. The number of nitrogens with zero attached hydrogens (tertiary/aromatic N) is 4. The number of aryl methyl sites for hydroxylation is 1. The highest BCUT2D eigenvalue weighted by atomic mass is 16.5. The molecule has 1 aliphatic heterocycles. The topological polar surface area (TPSA) is 76.2 Å². The van der Waals surface area contributed by atoms with Gasteiger partial charge in [-0.15, -0.1) is 0 Å². The van der Waals surface area contributed by atoms with Crippen molar-refractivity contribution < 1.29 is 9.32 Å². The van der Waals surface area contributed by atoms with Crippen LogP contribution in [0.25, 0.3) is 0 Å². The average Bonchev–Trinajstić information content (AvgIpc) is 3.33. The fourth-order valence-corrected chi connectivity index (χ4v) is 4.31. The molecule has 0 aromatic carbocycles. The molecule has 0 atom stereocenters. The van der Waals surface area contributed by atoms with Crippen LogP contribution in [0.4, 0.5) is 0 Å². The van der Waals surface area contributed by atoms with Gasteiger partial charge in [0.2, 0.25) is 0 Å². The summed E-state index contributed by atoms with van der Waals surface area (Å²) in [5, 5.41) is 11.4. The highest BCUT2D eigenvalue weighted by Crippen LogP contribution is 2.26. The van der Waals surface area contributed by atoms with Gasteiger partial charge in [-0.25, -0.2) is 0 Å². The fourth-order valence-electron chi connectivity index (χ4n) is 4.31. The molecule has 7 heteroatoms. The van der Waals surface area contributed by atoms with Gasteiger partial charge in [0.05, 0.1) is 30.7 Å². The van der Waals surface area contributed by atoms with Crippen molar-refractivity contribution in [1.29, 1.82) is 0 Å². The summed E-state index contributed by atoms with van der Waals surface area (Å²) >= 11 is 0. The van der Waals surface area contributed by atoms with E-state index >= 15 is 0 Å². The minimum absolute atomic E-state index is 0.144. The standard InChI is InChI=1S/C20H29N5O2/c1-2-6-19-18(13-22-27-19)20(26)21-12-15-11-17-14-24(9-10-25(17)23-15)16-7-4-3-5-8-16/h11,13,16H,2-10,12,14H2,1H3,(H,21,26). The van der Waals surface area contributed by atoms with Gasteiger partial charge in [0, 0.05) is 25.6 Å². The summed E-state index contributed by atoms with van der Waals surface area (Å²) in [6, 6.07) is 2.87. The Balaban J connectivity index is 1.35. The van der Waals surface area contributed by atoms with Crippen molar-refractivity contribution in [3.05, 3.63) is 35.0 Å². The Hall–Kier alpha value is -2.15. The van der Waals surface area contributed by atoms with Crippen LogP contribution >= 0.6 is 0 Å². The molecule has 1 aliphatic carbocycles. The van der Waals surface area contributed by atoms with Crippen molar-refractivity contribution in [1.82, 2.24) is 25.2 Å². The van der Waals surface area contributed by atoms with E-state index < -0.39 is 0 Å². The lowest BCUT2D eigenvalue weighted by Crippen LogP contribution is -2.42. The Morgan fingerprint density at radius 3 is 2.96 bits per heavy atom. The van der Waals surface area contributed by atoms with Crippen LogP contribution < -0.4 is 5.32 Å². The quantitative estimate of drug-likeness (QED) is 0.845. The number of rotatable bonds is 6. The summed E-state index contributed by atoms with van der Waals surface area (Å²) in [5.74, 6) is 0.511. The molecule has 0 saturated heterocycles. The maximum absolute atomic E-state index is 12.4. The lowest BCUT2D eigenvalue weighted by Gasteiger charge is -2.36. The third-order valence-corrected chi connectivity index (χ3v) is 5.77. The second-order valence-electron chi connectivity index (χ2n) is 7.71. The molecule has 4 rings (SSSR count). The summed E-state index contributed by atoms with van der Waals surface area (Å²) in [6.07, 6.45) is 9.91. The van der Waals surface area contributed by atoms with E-state index in [0.29, 0.717) is 17.9 Å². The first-order chi connectivity index (χ1) is 13.2. The number of hydrogen-bond acceptors (Lipinski definition) is 5. The third kappa shape index (κ3) is 4.08. The zero-order chi connectivity index (χ0) is 18.6. The Bertz CT molecular complexity index is 775. The van der Waals surface area contributed by atoms with Gasteiger partial charge in [-0.3, -0.25) is 14.4 Å². The second-order valence-corrected chi connectivity index (χ2v) is 7.71. The van der Waals surface area contributed by atoms with E-state index in [1.165, 1.54) is 44.0 Å². The van der Waals surface area contributed by atoms with Gasteiger partial charge in [0.25, 0.3) is 5.91 Å². The molecule has 1 N–H and O–H groups in total. The minimum atomic E-state index is -0.144. The molecule has 2 aromatic rings. The summed E-state index contributed by atoms with van der Waals surface area (Å²) in [7, 11) is 0. The van der Waals surface area contributed by atoms with Crippen LogP contribution in [-0.4, -0.2) is 38.3 Å². The smallest absolute Gasteiger partial charge is 0.256 e. The fraction of sp³-hybridized carbons (Fsp3) is 0.650.